The van der Waals surface area contributed by atoms with Gasteiger partial charge in [0.25, 0.3) is 0 Å². The molecule has 0 aliphatic carbocycles. The zero-order valence-corrected chi connectivity index (χ0v) is 13.1. The quantitative estimate of drug-likeness (QED) is 0.745. The lowest BCUT2D eigenvalue weighted by molar-refractivity contribution is 0.0788. The molecule has 0 saturated carbocycles. The Hall–Kier alpha value is -2.76. The lowest BCUT2D eigenvalue weighted by Crippen LogP contribution is -2.33. The Morgan fingerprint density at radius 2 is 2.09 bits per heavy atom. The largest absolute Gasteiger partial charge is 0.486 e. The first-order chi connectivity index (χ1) is 11.2. The molecule has 1 aromatic carbocycles. The molecule has 1 aliphatic rings. The van der Waals surface area contributed by atoms with E-state index in [1.54, 1.807) is 6.20 Å². The van der Waals surface area contributed by atoms with E-state index in [0.717, 1.165) is 28.8 Å². The van der Waals surface area contributed by atoms with Crippen molar-refractivity contribution in [2.45, 2.75) is 19.6 Å². The lowest BCUT2D eigenvalue weighted by Gasteiger charge is -2.27. The molecule has 2 aromatic heterocycles. The Balaban J connectivity index is 1.56. The molecule has 0 amide bonds. The van der Waals surface area contributed by atoms with Crippen LogP contribution in [0.5, 0.6) is 11.5 Å². The molecule has 1 unspecified atom stereocenters. The van der Waals surface area contributed by atoms with Gasteiger partial charge in [0.1, 0.15) is 18.1 Å². The van der Waals surface area contributed by atoms with Gasteiger partial charge < -0.3 is 18.6 Å². The van der Waals surface area contributed by atoms with Gasteiger partial charge in [0.15, 0.2) is 23.4 Å². The Morgan fingerprint density at radius 3 is 2.87 bits per heavy atom. The fourth-order valence-electron chi connectivity index (χ4n) is 2.73. The van der Waals surface area contributed by atoms with Crippen molar-refractivity contribution >= 4 is 0 Å². The normalized spacial score (nSPS) is 16.5. The van der Waals surface area contributed by atoms with Gasteiger partial charge in [0.05, 0.1) is 6.54 Å². The SMILES string of the molecule is Cc1nc(-c2nccn2CC2COc3ccccc3O2)cn1C. The summed E-state index contributed by atoms with van der Waals surface area (Å²) in [5, 5.41) is 0. The third kappa shape index (κ3) is 2.56. The molecule has 6 heteroatoms. The summed E-state index contributed by atoms with van der Waals surface area (Å²) in [6.45, 7) is 3.17. The number of ether oxygens (including phenoxy) is 2. The number of hydrogen-bond acceptors (Lipinski definition) is 4. The molecule has 0 radical (unpaired) electrons. The molecule has 0 fully saturated rings. The third-order valence-electron chi connectivity index (χ3n) is 4.02. The molecule has 1 atom stereocenters. The number of fused-ring (bicyclic) bond motifs is 1. The lowest BCUT2D eigenvalue weighted by atomic mass is 10.2. The predicted octanol–water partition coefficient (Wildman–Crippen LogP) is 2.43. The number of aryl methyl sites for hydroxylation is 2. The Morgan fingerprint density at radius 1 is 1.26 bits per heavy atom. The first-order valence-electron chi connectivity index (χ1n) is 7.60. The third-order valence-corrected chi connectivity index (χ3v) is 4.02. The number of hydrogen-bond donors (Lipinski definition) is 0. The van der Waals surface area contributed by atoms with Gasteiger partial charge >= 0.3 is 0 Å². The maximum absolute atomic E-state index is 6.03. The van der Waals surface area contributed by atoms with Gasteiger partial charge in [0.2, 0.25) is 0 Å². The molecule has 3 aromatic rings. The van der Waals surface area contributed by atoms with Crippen LogP contribution in [-0.4, -0.2) is 31.8 Å². The summed E-state index contributed by atoms with van der Waals surface area (Å²) in [4.78, 5) is 8.99. The average Bonchev–Trinajstić information content (AvgIpc) is 3.14. The summed E-state index contributed by atoms with van der Waals surface area (Å²) in [6, 6.07) is 7.74. The number of rotatable bonds is 3. The van der Waals surface area contributed by atoms with Crippen LogP contribution >= 0.6 is 0 Å². The number of nitrogens with zero attached hydrogens (tertiary/aromatic N) is 4. The zero-order chi connectivity index (χ0) is 15.8. The van der Waals surface area contributed by atoms with E-state index in [9.17, 15) is 0 Å². The van der Waals surface area contributed by atoms with Crippen LogP contribution in [0.3, 0.4) is 0 Å². The first kappa shape index (κ1) is 13.9. The van der Waals surface area contributed by atoms with E-state index < -0.39 is 0 Å². The number of aromatic nitrogens is 4. The highest BCUT2D eigenvalue weighted by Gasteiger charge is 2.22. The van der Waals surface area contributed by atoms with Gasteiger partial charge in [-0.25, -0.2) is 9.97 Å². The van der Waals surface area contributed by atoms with Gasteiger partial charge in [-0.05, 0) is 19.1 Å². The van der Waals surface area contributed by atoms with Crippen molar-refractivity contribution in [2.24, 2.45) is 7.05 Å². The number of para-hydroxylation sites is 2. The summed E-state index contributed by atoms with van der Waals surface area (Å²) in [6.07, 6.45) is 5.67. The van der Waals surface area contributed by atoms with Crippen LogP contribution in [0.2, 0.25) is 0 Å². The Labute approximate surface area is 134 Å². The fourth-order valence-corrected chi connectivity index (χ4v) is 2.73. The molecule has 3 heterocycles. The van der Waals surface area contributed by atoms with E-state index in [4.69, 9.17) is 9.47 Å². The summed E-state index contributed by atoms with van der Waals surface area (Å²) in [7, 11) is 1.98. The smallest absolute Gasteiger partial charge is 0.161 e. The van der Waals surface area contributed by atoms with Crippen molar-refractivity contribution < 1.29 is 9.47 Å². The highest BCUT2D eigenvalue weighted by Crippen LogP contribution is 2.31. The van der Waals surface area contributed by atoms with Gasteiger partial charge in [-0.3, -0.25) is 0 Å². The summed E-state index contributed by atoms with van der Waals surface area (Å²) >= 11 is 0. The van der Waals surface area contributed by atoms with E-state index in [-0.39, 0.29) is 6.10 Å². The van der Waals surface area contributed by atoms with Gasteiger partial charge in [-0.15, -0.1) is 0 Å². The monoisotopic (exact) mass is 310 g/mol. The average molecular weight is 310 g/mol. The van der Waals surface area contributed by atoms with E-state index in [1.807, 2.05) is 55.2 Å². The van der Waals surface area contributed by atoms with Crippen molar-refractivity contribution in [2.75, 3.05) is 6.61 Å². The van der Waals surface area contributed by atoms with E-state index in [1.165, 1.54) is 0 Å². The van der Waals surface area contributed by atoms with Crippen molar-refractivity contribution in [1.82, 2.24) is 19.1 Å². The van der Waals surface area contributed by atoms with Crippen LogP contribution in [0.15, 0.2) is 42.9 Å². The predicted molar refractivity (Wildman–Crippen MR) is 85.5 cm³/mol. The minimum Gasteiger partial charge on any atom is -0.486 e. The van der Waals surface area contributed by atoms with Crippen molar-refractivity contribution in [3.05, 3.63) is 48.7 Å². The summed E-state index contributed by atoms with van der Waals surface area (Å²) in [5.74, 6) is 3.39. The minimum atomic E-state index is -0.0531. The Bertz CT molecular complexity index is 817. The highest BCUT2D eigenvalue weighted by molar-refractivity contribution is 5.49. The molecule has 6 nitrogen and oxygen atoms in total. The molecule has 0 bridgehead atoms. The second kappa shape index (κ2) is 5.46. The van der Waals surface area contributed by atoms with Crippen molar-refractivity contribution in [3.8, 4) is 23.0 Å². The maximum Gasteiger partial charge on any atom is 0.161 e. The fraction of sp³-hybridized carbons (Fsp3) is 0.294. The van der Waals surface area contributed by atoms with E-state index >= 15 is 0 Å². The van der Waals surface area contributed by atoms with E-state index in [0.29, 0.717) is 13.2 Å². The van der Waals surface area contributed by atoms with Crippen LogP contribution in [0.4, 0.5) is 0 Å². The molecule has 0 saturated heterocycles. The number of imidazole rings is 2. The first-order valence-corrected chi connectivity index (χ1v) is 7.60. The maximum atomic E-state index is 6.03. The molecule has 0 N–H and O–H groups in total. The molecule has 118 valence electrons. The van der Waals surface area contributed by atoms with Gasteiger partial charge in [-0.1, -0.05) is 12.1 Å². The molecule has 4 rings (SSSR count). The second-order valence-corrected chi connectivity index (χ2v) is 5.69. The molecule has 23 heavy (non-hydrogen) atoms. The van der Waals surface area contributed by atoms with E-state index in [2.05, 4.69) is 14.5 Å². The molecular formula is C17H18N4O2. The standard InChI is InChI=1S/C17H18N4O2/c1-12-19-14(10-20(12)2)17-18-7-8-21(17)9-13-11-22-15-5-3-4-6-16(15)23-13/h3-8,10,13H,9,11H2,1-2H3. The van der Waals surface area contributed by atoms with Crippen LogP contribution < -0.4 is 9.47 Å². The van der Waals surface area contributed by atoms with Gasteiger partial charge in [-0.2, -0.15) is 0 Å². The van der Waals surface area contributed by atoms with Crippen LogP contribution in [-0.2, 0) is 13.6 Å². The zero-order valence-electron chi connectivity index (χ0n) is 13.1. The Kier molecular flexibility index (Phi) is 3.29. The van der Waals surface area contributed by atoms with Crippen LogP contribution in [0.1, 0.15) is 5.82 Å². The van der Waals surface area contributed by atoms with Crippen LogP contribution in [0, 0.1) is 6.92 Å². The second-order valence-electron chi connectivity index (χ2n) is 5.69. The van der Waals surface area contributed by atoms with Crippen molar-refractivity contribution in [1.29, 1.82) is 0 Å². The molecule has 0 spiro atoms. The topological polar surface area (TPSA) is 54.1 Å². The summed E-state index contributed by atoms with van der Waals surface area (Å²) in [5.41, 5.74) is 0.868. The van der Waals surface area contributed by atoms with Crippen LogP contribution in [0.25, 0.3) is 11.5 Å². The number of benzene rings is 1. The van der Waals surface area contributed by atoms with Gasteiger partial charge in [0, 0.05) is 25.6 Å². The molecule has 1 aliphatic heterocycles. The summed E-state index contributed by atoms with van der Waals surface area (Å²) < 4.78 is 15.9. The molecular weight excluding hydrogens is 292 g/mol. The van der Waals surface area contributed by atoms with Crippen molar-refractivity contribution in [3.63, 3.8) is 0 Å². The minimum absolute atomic E-state index is 0.0531. The highest BCUT2D eigenvalue weighted by atomic mass is 16.6.